The Morgan fingerprint density at radius 1 is 1.53 bits per heavy atom. The molecule has 1 aliphatic rings. The van der Waals surface area contributed by atoms with Crippen molar-refractivity contribution in [1.82, 2.24) is 16.0 Å². The Kier molecular flexibility index (Phi) is 4.89. The summed E-state index contributed by atoms with van der Waals surface area (Å²) in [4.78, 5) is 21.6. The largest absolute Gasteiger partial charge is 0.356 e. The Balaban J connectivity index is 2.13. The highest BCUT2D eigenvalue weighted by Gasteiger charge is 2.16. The second-order valence-electron chi connectivity index (χ2n) is 3.64. The average molecular weight is 214 g/mol. The summed E-state index contributed by atoms with van der Waals surface area (Å²) in [5, 5.41) is 8.52. The molecule has 1 unspecified atom stereocenters. The van der Waals surface area contributed by atoms with Crippen LogP contribution in [0.25, 0.3) is 0 Å². The summed E-state index contributed by atoms with van der Waals surface area (Å²) in [6.45, 7) is 1.89. The van der Waals surface area contributed by atoms with Crippen LogP contribution in [0.3, 0.4) is 0 Å². The van der Waals surface area contributed by atoms with Gasteiger partial charge >= 0.3 is 6.03 Å². The zero-order valence-corrected chi connectivity index (χ0v) is 8.71. The molecule has 1 aliphatic heterocycles. The van der Waals surface area contributed by atoms with Gasteiger partial charge in [-0.15, -0.1) is 0 Å². The van der Waals surface area contributed by atoms with Crippen LogP contribution in [0.5, 0.6) is 0 Å². The van der Waals surface area contributed by atoms with Gasteiger partial charge in [-0.2, -0.15) is 0 Å². The quantitative estimate of drug-likeness (QED) is 0.448. The number of urea groups is 1. The van der Waals surface area contributed by atoms with Crippen molar-refractivity contribution in [2.24, 2.45) is 5.73 Å². The molecule has 0 saturated carbocycles. The number of nitrogens with one attached hydrogen (secondary N) is 3. The number of carbonyl (C=O) groups excluding carboxylic acids is 2. The molecule has 1 heterocycles. The Labute approximate surface area is 89.0 Å². The first-order valence-electron chi connectivity index (χ1n) is 5.22. The van der Waals surface area contributed by atoms with Crippen LogP contribution in [0.1, 0.15) is 19.3 Å². The molecule has 1 saturated heterocycles. The molecule has 6 nitrogen and oxygen atoms in total. The van der Waals surface area contributed by atoms with Gasteiger partial charge in [-0.25, -0.2) is 4.79 Å². The average Bonchev–Trinajstić information content (AvgIpc) is 2.37. The van der Waals surface area contributed by atoms with E-state index in [-0.39, 0.29) is 11.9 Å². The first-order valence-corrected chi connectivity index (χ1v) is 5.22. The first-order chi connectivity index (χ1) is 7.18. The number of rotatable bonds is 4. The molecule has 1 atom stereocenters. The Hall–Kier alpha value is -1.30. The van der Waals surface area contributed by atoms with E-state index in [4.69, 9.17) is 5.73 Å². The van der Waals surface area contributed by atoms with Crippen molar-refractivity contribution < 1.29 is 9.59 Å². The van der Waals surface area contributed by atoms with Gasteiger partial charge in [-0.3, -0.25) is 4.79 Å². The fourth-order valence-corrected chi connectivity index (χ4v) is 1.61. The lowest BCUT2D eigenvalue weighted by atomic mass is 10.1. The van der Waals surface area contributed by atoms with Gasteiger partial charge in [-0.1, -0.05) is 0 Å². The fraction of sp³-hybridized carbons (Fsp3) is 0.778. The van der Waals surface area contributed by atoms with Gasteiger partial charge < -0.3 is 21.7 Å². The Bertz CT molecular complexity index is 232. The predicted octanol–water partition coefficient (Wildman–Crippen LogP) is -1.09. The maximum atomic E-state index is 11.2. The van der Waals surface area contributed by atoms with Crippen molar-refractivity contribution in [1.29, 1.82) is 0 Å². The van der Waals surface area contributed by atoms with Gasteiger partial charge in [0.15, 0.2) is 0 Å². The van der Waals surface area contributed by atoms with Crippen LogP contribution in [-0.4, -0.2) is 37.6 Å². The van der Waals surface area contributed by atoms with Crippen molar-refractivity contribution in [3.05, 3.63) is 0 Å². The summed E-state index contributed by atoms with van der Waals surface area (Å²) in [7, 11) is 0. The van der Waals surface area contributed by atoms with E-state index in [0.29, 0.717) is 19.5 Å². The van der Waals surface area contributed by atoms with E-state index in [1.165, 1.54) is 0 Å². The minimum Gasteiger partial charge on any atom is -0.356 e. The highest BCUT2D eigenvalue weighted by Crippen LogP contribution is 2.05. The maximum absolute atomic E-state index is 11.2. The molecule has 5 N–H and O–H groups in total. The SMILES string of the molecule is NC(=O)NCCNC1CCCNC(=O)C1. The van der Waals surface area contributed by atoms with Crippen LogP contribution in [0, 0.1) is 0 Å². The van der Waals surface area contributed by atoms with Crippen LogP contribution < -0.4 is 21.7 Å². The van der Waals surface area contributed by atoms with Crippen LogP contribution in [0.15, 0.2) is 0 Å². The van der Waals surface area contributed by atoms with E-state index in [1.54, 1.807) is 0 Å². The van der Waals surface area contributed by atoms with Crippen molar-refractivity contribution >= 4 is 11.9 Å². The highest BCUT2D eigenvalue weighted by atomic mass is 16.2. The molecule has 86 valence electrons. The lowest BCUT2D eigenvalue weighted by Gasteiger charge is -2.14. The fourth-order valence-electron chi connectivity index (χ4n) is 1.61. The van der Waals surface area contributed by atoms with Crippen molar-refractivity contribution in [2.75, 3.05) is 19.6 Å². The van der Waals surface area contributed by atoms with E-state index in [0.717, 1.165) is 19.4 Å². The molecule has 0 aromatic rings. The van der Waals surface area contributed by atoms with Crippen molar-refractivity contribution in [2.45, 2.75) is 25.3 Å². The third-order valence-electron chi connectivity index (χ3n) is 2.34. The molecule has 0 bridgehead atoms. The minimum absolute atomic E-state index is 0.0906. The van der Waals surface area contributed by atoms with Gasteiger partial charge in [0, 0.05) is 32.1 Å². The molecule has 15 heavy (non-hydrogen) atoms. The molecule has 0 spiro atoms. The summed E-state index contributed by atoms with van der Waals surface area (Å²) in [5.41, 5.74) is 4.92. The van der Waals surface area contributed by atoms with Gasteiger partial charge in [0.2, 0.25) is 5.91 Å². The minimum atomic E-state index is -0.518. The summed E-state index contributed by atoms with van der Waals surface area (Å²) in [6.07, 6.45) is 2.48. The van der Waals surface area contributed by atoms with E-state index >= 15 is 0 Å². The molecule has 0 radical (unpaired) electrons. The molecule has 0 aliphatic carbocycles. The smallest absolute Gasteiger partial charge is 0.312 e. The summed E-state index contributed by atoms with van der Waals surface area (Å²) in [6, 6.07) is -0.308. The molecule has 0 aromatic carbocycles. The van der Waals surface area contributed by atoms with Gasteiger partial charge in [0.05, 0.1) is 0 Å². The van der Waals surface area contributed by atoms with Gasteiger partial charge in [0.1, 0.15) is 0 Å². The topological polar surface area (TPSA) is 96.2 Å². The van der Waals surface area contributed by atoms with Crippen LogP contribution >= 0.6 is 0 Å². The summed E-state index contributed by atoms with van der Waals surface area (Å²) in [5.74, 6) is 0.0906. The summed E-state index contributed by atoms with van der Waals surface area (Å²) < 4.78 is 0. The van der Waals surface area contributed by atoms with Crippen LogP contribution in [-0.2, 0) is 4.79 Å². The molecule has 0 aromatic heterocycles. The predicted molar refractivity (Wildman–Crippen MR) is 56.2 cm³/mol. The summed E-state index contributed by atoms with van der Waals surface area (Å²) >= 11 is 0. The number of carbonyl (C=O) groups is 2. The Morgan fingerprint density at radius 2 is 2.33 bits per heavy atom. The normalized spacial score (nSPS) is 21.6. The second-order valence-corrected chi connectivity index (χ2v) is 3.64. The third-order valence-corrected chi connectivity index (χ3v) is 2.34. The standard InChI is InChI=1S/C9H18N4O2/c10-9(15)13-5-4-11-7-2-1-3-12-8(14)6-7/h7,11H,1-6H2,(H,12,14)(H3,10,13,15). The number of hydrogen-bond donors (Lipinski definition) is 4. The van der Waals surface area contributed by atoms with Crippen LogP contribution in [0.4, 0.5) is 4.79 Å². The molecule has 6 heteroatoms. The molecule has 1 rings (SSSR count). The molecular formula is C9H18N4O2. The number of hydrogen-bond acceptors (Lipinski definition) is 3. The van der Waals surface area contributed by atoms with Crippen molar-refractivity contribution in [3.8, 4) is 0 Å². The molecule has 1 fully saturated rings. The molecular weight excluding hydrogens is 196 g/mol. The molecule has 3 amide bonds. The van der Waals surface area contributed by atoms with E-state index in [9.17, 15) is 9.59 Å². The highest BCUT2D eigenvalue weighted by molar-refractivity contribution is 5.76. The first kappa shape index (κ1) is 11.8. The van der Waals surface area contributed by atoms with Gasteiger partial charge in [-0.05, 0) is 12.8 Å². The van der Waals surface area contributed by atoms with E-state index < -0.39 is 6.03 Å². The van der Waals surface area contributed by atoms with E-state index in [1.807, 2.05) is 0 Å². The third kappa shape index (κ3) is 5.21. The van der Waals surface area contributed by atoms with Crippen LogP contribution in [0.2, 0.25) is 0 Å². The zero-order valence-electron chi connectivity index (χ0n) is 8.71. The second kappa shape index (κ2) is 6.23. The Morgan fingerprint density at radius 3 is 3.07 bits per heavy atom. The van der Waals surface area contributed by atoms with E-state index in [2.05, 4.69) is 16.0 Å². The lowest BCUT2D eigenvalue weighted by Crippen LogP contribution is -2.39. The number of nitrogens with two attached hydrogens (primary N) is 1. The van der Waals surface area contributed by atoms with Gasteiger partial charge in [0.25, 0.3) is 0 Å². The number of primary amides is 1. The zero-order chi connectivity index (χ0) is 11.1. The van der Waals surface area contributed by atoms with Crippen molar-refractivity contribution in [3.63, 3.8) is 0 Å². The monoisotopic (exact) mass is 214 g/mol. The number of amides is 3. The lowest BCUT2D eigenvalue weighted by molar-refractivity contribution is -0.121. The maximum Gasteiger partial charge on any atom is 0.312 e.